The molecule has 1 aliphatic heterocycles. The maximum Gasteiger partial charge on any atom is 0.118 e. The molecule has 0 atom stereocenters. The number of nitrogens with zero attached hydrogens (tertiary/aromatic N) is 3. The summed E-state index contributed by atoms with van der Waals surface area (Å²) in [6.45, 7) is 4.28. The number of hydrogen-bond acceptors (Lipinski definition) is 2. The first-order valence-corrected chi connectivity index (χ1v) is 4.03. The minimum atomic E-state index is 0.479. The van der Waals surface area contributed by atoms with Crippen molar-refractivity contribution in [3.8, 4) is 0 Å². The standard InChI is InChI=1S/C9H10N3/c1-6(2)7-4-3-5-8-9(7)11-12-10-8/h3-6H,1-2H3. The van der Waals surface area contributed by atoms with E-state index in [-0.39, 0.29) is 0 Å². The molecule has 3 heteroatoms. The highest BCUT2D eigenvalue weighted by Crippen LogP contribution is 2.37. The zero-order valence-corrected chi connectivity index (χ0v) is 7.15. The van der Waals surface area contributed by atoms with Gasteiger partial charge >= 0.3 is 0 Å². The fraction of sp³-hybridized carbons (Fsp3) is 0.333. The van der Waals surface area contributed by atoms with Crippen molar-refractivity contribution in [2.75, 3.05) is 0 Å². The van der Waals surface area contributed by atoms with Crippen LogP contribution in [0.2, 0.25) is 0 Å². The third-order valence-corrected chi connectivity index (χ3v) is 1.97. The van der Waals surface area contributed by atoms with Crippen LogP contribution in [0.5, 0.6) is 0 Å². The molecule has 0 bridgehead atoms. The van der Waals surface area contributed by atoms with E-state index in [1.807, 2.05) is 12.1 Å². The predicted molar refractivity (Wildman–Crippen MR) is 46.8 cm³/mol. The second kappa shape index (κ2) is 2.59. The zero-order chi connectivity index (χ0) is 8.55. The first-order chi connectivity index (χ1) is 5.79. The fourth-order valence-corrected chi connectivity index (χ4v) is 1.32. The Labute approximate surface area is 71.5 Å². The lowest BCUT2D eigenvalue weighted by Crippen LogP contribution is -1.88. The molecule has 0 aliphatic carbocycles. The lowest BCUT2D eigenvalue weighted by Gasteiger charge is -2.06. The molecule has 1 aromatic carbocycles. The highest BCUT2D eigenvalue weighted by atomic mass is 15.5. The Bertz CT molecular complexity index is 329. The third-order valence-electron chi connectivity index (χ3n) is 1.97. The van der Waals surface area contributed by atoms with Crippen molar-refractivity contribution >= 4 is 11.4 Å². The van der Waals surface area contributed by atoms with Gasteiger partial charge in [-0.05, 0) is 22.8 Å². The number of rotatable bonds is 1. The van der Waals surface area contributed by atoms with Crippen molar-refractivity contribution < 1.29 is 0 Å². The van der Waals surface area contributed by atoms with E-state index < -0.39 is 0 Å². The van der Waals surface area contributed by atoms with Gasteiger partial charge in [0, 0.05) is 0 Å². The molecule has 1 aliphatic rings. The Kier molecular flexibility index (Phi) is 1.57. The summed E-state index contributed by atoms with van der Waals surface area (Å²) in [6.07, 6.45) is 0. The van der Waals surface area contributed by atoms with Gasteiger partial charge in [0.2, 0.25) is 0 Å². The first-order valence-electron chi connectivity index (χ1n) is 4.03. The molecule has 0 saturated carbocycles. The molecule has 0 saturated heterocycles. The maximum atomic E-state index is 3.98. The van der Waals surface area contributed by atoms with Crippen LogP contribution in [0.1, 0.15) is 25.3 Å². The van der Waals surface area contributed by atoms with Crippen molar-refractivity contribution in [1.29, 1.82) is 0 Å². The van der Waals surface area contributed by atoms with Crippen LogP contribution in [-0.2, 0) is 0 Å². The molecule has 3 nitrogen and oxygen atoms in total. The summed E-state index contributed by atoms with van der Waals surface area (Å²) in [7, 11) is 0. The van der Waals surface area contributed by atoms with Gasteiger partial charge in [0.05, 0.1) is 0 Å². The molecule has 0 spiro atoms. The van der Waals surface area contributed by atoms with Crippen LogP contribution in [0.3, 0.4) is 0 Å². The molecule has 0 fully saturated rings. The molecular formula is C9H10N3. The maximum absolute atomic E-state index is 3.98. The second-order valence-corrected chi connectivity index (χ2v) is 3.16. The van der Waals surface area contributed by atoms with Gasteiger partial charge < -0.3 is 0 Å². The molecule has 1 aromatic rings. The van der Waals surface area contributed by atoms with Crippen molar-refractivity contribution in [3.05, 3.63) is 23.8 Å². The molecule has 2 rings (SSSR count). The minimum Gasteiger partial charge on any atom is -0.128 e. The average Bonchev–Trinajstić information content (AvgIpc) is 2.49. The Morgan fingerprint density at radius 1 is 1.25 bits per heavy atom. The van der Waals surface area contributed by atoms with Crippen LogP contribution in [-0.4, -0.2) is 0 Å². The highest BCUT2D eigenvalue weighted by Gasteiger charge is 2.15. The second-order valence-electron chi connectivity index (χ2n) is 3.16. The lowest BCUT2D eigenvalue weighted by atomic mass is 10.0. The summed E-state index contributed by atoms with van der Waals surface area (Å²) in [5, 5.41) is 7.62. The molecular weight excluding hydrogens is 150 g/mol. The van der Waals surface area contributed by atoms with E-state index in [9.17, 15) is 0 Å². The summed E-state index contributed by atoms with van der Waals surface area (Å²) in [5.41, 5.74) is 6.95. The van der Waals surface area contributed by atoms with Crippen molar-refractivity contribution in [1.82, 2.24) is 5.43 Å². The van der Waals surface area contributed by atoms with Crippen LogP contribution < -0.4 is 5.43 Å². The summed E-state index contributed by atoms with van der Waals surface area (Å²) < 4.78 is 0. The molecule has 12 heavy (non-hydrogen) atoms. The number of hydrogen-bond donors (Lipinski definition) is 0. The van der Waals surface area contributed by atoms with Gasteiger partial charge in [0.25, 0.3) is 0 Å². The van der Waals surface area contributed by atoms with Gasteiger partial charge in [-0.2, -0.15) is 0 Å². The van der Waals surface area contributed by atoms with E-state index in [1.165, 1.54) is 5.56 Å². The zero-order valence-electron chi connectivity index (χ0n) is 7.15. The predicted octanol–water partition coefficient (Wildman–Crippen LogP) is 3.06. The average molecular weight is 160 g/mol. The van der Waals surface area contributed by atoms with Crippen LogP contribution in [0.25, 0.3) is 0 Å². The lowest BCUT2D eigenvalue weighted by molar-refractivity contribution is 0.866. The quantitative estimate of drug-likeness (QED) is 0.605. The minimum absolute atomic E-state index is 0.479. The van der Waals surface area contributed by atoms with Crippen LogP contribution in [0, 0.1) is 0 Å². The summed E-state index contributed by atoms with van der Waals surface area (Å²) in [6, 6.07) is 6.00. The third kappa shape index (κ3) is 0.978. The smallest absolute Gasteiger partial charge is 0.118 e. The Morgan fingerprint density at radius 2 is 2.08 bits per heavy atom. The van der Waals surface area contributed by atoms with E-state index in [4.69, 9.17) is 0 Å². The van der Waals surface area contributed by atoms with Crippen molar-refractivity contribution in [2.24, 2.45) is 10.3 Å². The van der Waals surface area contributed by atoms with E-state index >= 15 is 0 Å². The highest BCUT2D eigenvalue weighted by molar-refractivity contribution is 5.67. The topological polar surface area (TPSA) is 38.8 Å². The van der Waals surface area contributed by atoms with Crippen LogP contribution in [0.15, 0.2) is 28.5 Å². The SMILES string of the molecule is CC(C)c1cccc2c1N=N[N]2. The van der Waals surface area contributed by atoms with Gasteiger partial charge in [-0.1, -0.05) is 26.0 Å². The number of benzene rings is 1. The van der Waals surface area contributed by atoms with Gasteiger partial charge in [-0.15, -0.1) is 10.5 Å². The van der Waals surface area contributed by atoms with Gasteiger partial charge in [-0.25, -0.2) is 0 Å². The van der Waals surface area contributed by atoms with Crippen molar-refractivity contribution in [2.45, 2.75) is 19.8 Å². The van der Waals surface area contributed by atoms with Crippen molar-refractivity contribution in [3.63, 3.8) is 0 Å². The van der Waals surface area contributed by atoms with Crippen LogP contribution in [0.4, 0.5) is 11.4 Å². The molecule has 0 aromatic heterocycles. The largest absolute Gasteiger partial charge is 0.128 e. The molecule has 1 heterocycles. The Balaban J connectivity index is 2.56. The molecule has 1 radical (unpaired) electrons. The van der Waals surface area contributed by atoms with Gasteiger partial charge in [-0.3, -0.25) is 0 Å². The van der Waals surface area contributed by atoms with Gasteiger partial charge in [0.15, 0.2) is 0 Å². The Hall–Kier alpha value is -1.38. The van der Waals surface area contributed by atoms with E-state index in [2.05, 4.69) is 35.7 Å². The molecule has 61 valence electrons. The van der Waals surface area contributed by atoms with E-state index in [1.54, 1.807) is 0 Å². The normalized spacial score (nSPS) is 13.2. The summed E-state index contributed by atoms with van der Waals surface area (Å²) in [4.78, 5) is 0. The van der Waals surface area contributed by atoms with E-state index in [0.29, 0.717) is 5.92 Å². The van der Waals surface area contributed by atoms with Gasteiger partial charge in [0.1, 0.15) is 11.4 Å². The summed E-state index contributed by atoms with van der Waals surface area (Å²) in [5.74, 6) is 0.479. The van der Waals surface area contributed by atoms with E-state index in [0.717, 1.165) is 11.4 Å². The monoisotopic (exact) mass is 160 g/mol. The Morgan fingerprint density at radius 3 is 2.83 bits per heavy atom. The number of fused-ring (bicyclic) bond motifs is 1. The fourth-order valence-electron chi connectivity index (χ4n) is 1.32. The molecule has 0 N–H and O–H groups in total. The summed E-state index contributed by atoms with van der Waals surface area (Å²) >= 11 is 0. The first kappa shape index (κ1) is 7.28. The molecule has 0 unspecified atom stereocenters. The van der Waals surface area contributed by atoms with Crippen LogP contribution >= 0.6 is 0 Å². The molecule has 0 amide bonds.